The second kappa shape index (κ2) is 5.66. The summed E-state index contributed by atoms with van der Waals surface area (Å²) in [5.74, 6) is 0.820. The first-order valence-electron chi connectivity index (χ1n) is 6.04. The molecule has 1 aliphatic heterocycles. The number of hydrogen-bond donors (Lipinski definition) is 2. The molecule has 3 N–H and O–H groups in total. The van der Waals surface area contributed by atoms with Crippen molar-refractivity contribution < 1.29 is 0 Å². The fraction of sp³-hybridized carbons (Fsp3) is 0.667. The van der Waals surface area contributed by atoms with Gasteiger partial charge in [-0.3, -0.25) is 0 Å². The van der Waals surface area contributed by atoms with Crippen molar-refractivity contribution in [2.24, 2.45) is 5.92 Å². The van der Waals surface area contributed by atoms with Crippen molar-refractivity contribution in [3.8, 4) is 0 Å². The van der Waals surface area contributed by atoms with Gasteiger partial charge >= 0.3 is 0 Å². The largest absolute Gasteiger partial charge is 0.398 e. The lowest BCUT2D eigenvalue weighted by Crippen LogP contribution is -2.26. The molecule has 1 atom stereocenters. The Balaban J connectivity index is 1.67. The van der Waals surface area contributed by atoms with E-state index in [9.17, 15) is 0 Å². The average molecular weight is 239 g/mol. The molecule has 0 bridgehead atoms. The third kappa shape index (κ3) is 2.97. The van der Waals surface area contributed by atoms with Crippen LogP contribution in [0.3, 0.4) is 0 Å². The zero-order valence-corrected chi connectivity index (χ0v) is 10.7. The van der Waals surface area contributed by atoms with Crippen molar-refractivity contribution in [2.45, 2.75) is 19.9 Å². The molecule has 2 heterocycles. The summed E-state index contributed by atoms with van der Waals surface area (Å²) in [6.07, 6.45) is 1.33. The van der Waals surface area contributed by atoms with Crippen LogP contribution in [0.2, 0.25) is 0 Å². The van der Waals surface area contributed by atoms with Gasteiger partial charge in [0, 0.05) is 23.7 Å². The number of rotatable bonds is 5. The Bertz CT molecular complexity index is 324. The van der Waals surface area contributed by atoms with Gasteiger partial charge in [-0.2, -0.15) is 0 Å². The highest BCUT2D eigenvalue weighted by Crippen LogP contribution is 2.19. The van der Waals surface area contributed by atoms with E-state index in [0.29, 0.717) is 0 Å². The van der Waals surface area contributed by atoms with Crippen molar-refractivity contribution in [1.29, 1.82) is 0 Å². The summed E-state index contributed by atoms with van der Waals surface area (Å²) < 4.78 is 0. The van der Waals surface area contributed by atoms with E-state index in [0.717, 1.165) is 24.7 Å². The molecule has 1 fully saturated rings. The van der Waals surface area contributed by atoms with Gasteiger partial charge in [-0.1, -0.05) is 6.92 Å². The molecule has 0 radical (unpaired) electrons. The standard InChI is InChI=1S/C12H21N3S/c1-2-15-5-3-10(9-15)7-14-8-12-11(13)4-6-16-12/h4,6,10,14H,2-3,5,7-9,13H2,1H3. The van der Waals surface area contributed by atoms with E-state index in [4.69, 9.17) is 5.73 Å². The Hall–Kier alpha value is -0.580. The van der Waals surface area contributed by atoms with E-state index >= 15 is 0 Å². The third-order valence-electron chi connectivity index (χ3n) is 3.32. The number of nitrogen functional groups attached to an aromatic ring is 1. The summed E-state index contributed by atoms with van der Waals surface area (Å²) in [5.41, 5.74) is 6.77. The Morgan fingerprint density at radius 1 is 1.62 bits per heavy atom. The van der Waals surface area contributed by atoms with Crippen LogP contribution in [0.5, 0.6) is 0 Å². The molecular formula is C12H21N3S. The molecule has 0 saturated carbocycles. The topological polar surface area (TPSA) is 41.3 Å². The molecule has 0 aromatic carbocycles. The lowest BCUT2D eigenvalue weighted by atomic mass is 10.1. The maximum Gasteiger partial charge on any atom is 0.0468 e. The zero-order valence-electron chi connectivity index (χ0n) is 9.91. The number of nitrogens with one attached hydrogen (secondary N) is 1. The predicted octanol–water partition coefficient (Wildman–Crippen LogP) is 1.76. The van der Waals surface area contributed by atoms with Crippen LogP contribution in [0, 0.1) is 5.92 Å². The highest BCUT2D eigenvalue weighted by atomic mass is 32.1. The minimum absolute atomic E-state index is 0.820. The molecule has 4 heteroatoms. The van der Waals surface area contributed by atoms with Crippen molar-refractivity contribution in [3.05, 3.63) is 16.3 Å². The summed E-state index contributed by atoms with van der Waals surface area (Å²) in [6.45, 7) is 7.99. The van der Waals surface area contributed by atoms with Crippen LogP contribution in [-0.2, 0) is 6.54 Å². The fourth-order valence-electron chi connectivity index (χ4n) is 2.25. The second-order valence-corrected chi connectivity index (χ2v) is 5.48. The van der Waals surface area contributed by atoms with Gasteiger partial charge in [-0.25, -0.2) is 0 Å². The Kier molecular flexibility index (Phi) is 4.21. The monoisotopic (exact) mass is 239 g/mol. The van der Waals surface area contributed by atoms with Gasteiger partial charge in [0.2, 0.25) is 0 Å². The Morgan fingerprint density at radius 3 is 3.12 bits per heavy atom. The third-order valence-corrected chi connectivity index (χ3v) is 4.25. The molecule has 1 unspecified atom stereocenters. The molecule has 0 amide bonds. The minimum atomic E-state index is 0.820. The number of thiophene rings is 1. The lowest BCUT2D eigenvalue weighted by Gasteiger charge is -2.13. The van der Waals surface area contributed by atoms with E-state index in [-0.39, 0.29) is 0 Å². The van der Waals surface area contributed by atoms with Gasteiger partial charge in [0.15, 0.2) is 0 Å². The molecule has 16 heavy (non-hydrogen) atoms. The molecule has 0 aliphatic carbocycles. The van der Waals surface area contributed by atoms with Crippen LogP contribution in [0.1, 0.15) is 18.2 Å². The van der Waals surface area contributed by atoms with Gasteiger partial charge in [0.1, 0.15) is 0 Å². The summed E-state index contributed by atoms with van der Waals surface area (Å²) >= 11 is 1.74. The molecule has 2 rings (SSSR count). The van der Waals surface area contributed by atoms with Crippen LogP contribution < -0.4 is 11.1 Å². The summed E-state index contributed by atoms with van der Waals surface area (Å²) in [5, 5.41) is 5.58. The fourth-order valence-corrected chi connectivity index (χ4v) is 3.02. The van der Waals surface area contributed by atoms with E-state index in [2.05, 4.69) is 22.5 Å². The van der Waals surface area contributed by atoms with Gasteiger partial charge in [-0.05, 0) is 43.4 Å². The first kappa shape index (κ1) is 11.9. The molecule has 0 spiro atoms. The first-order chi connectivity index (χ1) is 7.79. The maximum absolute atomic E-state index is 5.84. The zero-order chi connectivity index (χ0) is 11.4. The molecule has 1 aliphatic rings. The molecule has 3 nitrogen and oxygen atoms in total. The number of hydrogen-bond acceptors (Lipinski definition) is 4. The molecule has 1 aromatic rings. The van der Waals surface area contributed by atoms with Gasteiger partial charge < -0.3 is 16.0 Å². The van der Waals surface area contributed by atoms with Crippen LogP contribution in [0.4, 0.5) is 5.69 Å². The van der Waals surface area contributed by atoms with Crippen molar-refractivity contribution >= 4 is 17.0 Å². The molecule has 1 aromatic heterocycles. The smallest absolute Gasteiger partial charge is 0.0468 e. The van der Waals surface area contributed by atoms with Gasteiger partial charge in [0.05, 0.1) is 0 Å². The van der Waals surface area contributed by atoms with Crippen molar-refractivity contribution in [1.82, 2.24) is 10.2 Å². The number of anilines is 1. The number of nitrogens with zero attached hydrogens (tertiary/aromatic N) is 1. The van der Waals surface area contributed by atoms with E-state index in [1.165, 1.54) is 30.9 Å². The van der Waals surface area contributed by atoms with Crippen LogP contribution in [-0.4, -0.2) is 31.1 Å². The van der Waals surface area contributed by atoms with Crippen LogP contribution >= 0.6 is 11.3 Å². The van der Waals surface area contributed by atoms with E-state index in [1.807, 2.05) is 6.07 Å². The predicted molar refractivity (Wildman–Crippen MR) is 70.7 cm³/mol. The van der Waals surface area contributed by atoms with Gasteiger partial charge in [-0.15, -0.1) is 11.3 Å². The SMILES string of the molecule is CCN1CCC(CNCc2sccc2N)C1. The molecule has 90 valence electrons. The van der Waals surface area contributed by atoms with Crippen molar-refractivity contribution in [2.75, 3.05) is 31.9 Å². The van der Waals surface area contributed by atoms with Gasteiger partial charge in [0.25, 0.3) is 0 Å². The summed E-state index contributed by atoms with van der Waals surface area (Å²) in [7, 11) is 0. The Morgan fingerprint density at radius 2 is 2.50 bits per heavy atom. The Labute approximate surface area is 102 Å². The number of likely N-dealkylation sites (tertiary alicyclic amines) is 1. The highest BCUT2D eigenvalue weighted by Gasteiger charge is 2.20. The molecule has 1 saturated heterocycles. The van der Waals surface area contributed by atoms with Crippen LogP contribution in [0.25, 0.3) is 0 Å². The lowest BCUT2D eigenvalue weighted by molar-refractivity contribution is 0.339. The number of nitrogens with two attached hydrogens (primary N) is 1. The van der Waals surface area contributed by atoms with E-state index in [1.54, 1.807) is 11.3 Å². The molecular weight excluding hydrogens is 218 g/mol. The minimum Gasteiger partial charge on any atom is -0.398 e. The summed E-state index contributed by atoms with van der Waals surface area (Å²) in [4.78, 5) is 3.79. The average Bonchev–Trinajstić information content (AvgIpc) is 2.89. The van der Waals surface area contributed by atoms with E-state index < -0.39 is 0 Å². The quantitative estimate of drug-likeness (QED) is 0.822. The maximum atomic E-state index is 5.84. The second-order valence-electron chi connectivity index (χ2n) is 4.48. The highest BCUT2D eigenvalue weighted by molar-refractivity contribution is 7.10. The summed E-state index contributed by atoms with van der Waals surface area (Å²) in [6, 6.07) is 1.98. The normalized spacial score (nSPS) is 21.7. The first-order valence-corrected chi connectivity index (χ1v) is 6.92. The van der Waals surface area contributed by atoms with Crippen molar-refractivity contribution in [3.63, 3.8) is 0 Å². The van der Waals surface area contributed by atoms with Crippen LogP contribution in [0.15, 0.2) is 11.4 Å².